The summed E-state index contributed by atoms with van der Waals surface area (Å²) in [6.07, 6.45) is -2.09. The van der Waals surface area contributed by atoms with Crippen molar-refractivity contribution in [3.63, 3.8) is 0 Å². The maximum absolute atomic E-state index is 12.6. The largest absolute Gasteiger partial charge is 0.458 e. The van der Waals surface area contributed by atoms with Crippen LogP contribution in [0.25, 0.3) is 0 Å². The Morgan fingerprint density at radius 1 is 0.931 bits per heavy atom. The average molecular weight is 406 g/mol. The molecule has 8 heteroatoms. The Bertz CT molecular complexity index is 736. The van der Waals surface area contributed by atoms with Crippen molar-refractivity contribution in [2.24, 2.45) is 5.41 Å². The van der Waals surface area contributed by atoms with Gasteiger partial charge in [-0.1, -0.05) is 30.3 Å². The zero-order valence-electron chi connectivity index (χ0n) is 17.9. The zero-order chi connectivity index (χ0) is 21.8. The molecule has 1 saturated heterocycles. The van der Waals surface area contributed by atoms with Crippen LogP contribution in [0.4, 0.5) is 9.59 Å². The van der Waals surface area contributed by atoms with Gasteiger partial charge in [-0.3, -0.25) is 4.79 Å². The van der Waals surface area contributed by atoms with Gasteiger partial charge >= 0.3 is 18.2 Å². The van der Waals surface area contributed by atoms with E-state index >= 15 is 0 Å². The van der Waals surface area contributed by atoms with Gasteiger partial charge < -0.3 is 14.2 Å². The van der Waals surface area contributed by atoms with Crippen molar-refractivity contribution in [2.45, 2.75) is 59.9 Å². The lowest BCUT2D eigenvalue weighted by Gasteiger charge is -2.29. The number of esters is 1. The number of amides is 2. The number of hydrogen-bond acceptors (Lipinski definition) is 6. The Balaban J connectivity index is 2.10. The molecule has 0 spiro atoms. The second kappa shape index (κ2) is 8.71. The van der Waals surface area contributed by atoms with E-state index in [2.05, 4.69) is 0 Å². The second-order valence-electron chi connectivity index (χ2n) is 8.96. The molecule has 1 heterocycles. The Hall–Kier alpha value is -2.77. The Labute approximate surface area is 171 Å². The highest BCUT2D eigenvalue weighted by atomic mass is 16.6. The van der Waals surface area contributed by atoms with Crippen LogP contribution < -0.4 is 0 Å². The van der Waals surface area contributed by atoms with Crippen LogP contribution in [0.1, 0.15) is 47.1 Å². The maximum atomic E-state index is 12.6. The number of ether oxygens (including phenoxy) is 3. The molecule has 1 aromatic rings. The first-order chi connectivity index (χ1) is 13.4. The van der Waals surface area contributed by atoms with Crippen molar-refractivity contribution in [2.75, 3.05) is 13.1 Å². The van der Waals surface area contributed by atoms with Crippen LogP contribution in [0.15, 0.2) is 30.3 Å². The molecule has 0 aliphatic carbocycles. The molecule has 1 aliphatic rings. The molecule has 2 rings (SSSR count). The molecule has 1 unspecified atom stereocenters. The van der Waals surface area contributed by atoms with Gasteiger partial charge in [-0.05, 0) is 47.1 Å². The minimum atomic E-state index is -0.739. The highest BCUT2D eigenvalue weighted by Crippen LogP contribution is 2.23. The predicted octanol–water partition coefficient (Wildman–Crippen LogP) is 3.75. The second-order valence-corrected chi connectivity index (χ2v) is 8.96. The monoisotopic (exact) mass is 406 g/mol. The molecule has 1 aromatic carbocycles. The van der Waals surface area contributed by atoms with Crippen LogP contribution in [0.5, 0.6) is 0 Å². The smallest absolute Gasteiger partial charge is 0.429 e. The zero-order valence-corrected chi connectivity index (χ0v) is 17.9. The topological polar surface area (TPSA) is 85.4 Å². The van der Waals surface area contributed by atoms with Gasteiger partial charge in [-0.2, -0.15) is 0 Å². The average Bonchev–Trinajstić information content (AvgIpc) is 3.02. The van der Waals surface area contributed by atoms with E-state index in [0.717, 1.165) is 15.6 Å². The van der Waals surface area contributed by atoms with Gasteiger partial charge in [-0.15, -0.1) is 0 Å². The van der Waals surface area contributed by atoms with E-state index < -0.39 is 35.3 Å². The van der Waals surface area contributed by atoms with E-state index in [1.807, 2.05) is 30.3 Å². The number of carbonyl (C=O) groups is 3. The van der Waals surface area contributed by atoms with E-state index in [1.165, 1.54) is 0 Å². The molecule has 1 atom stereocenters. The van der Waals surface area contributed by atoms with Gasteiger partial charge in [0, 0.05) is 0 Å². The molecule has 160 valence electrons. The molecule has 29 heavy (non-hydrogen) atoms. The SMILES string of the molecule is CC(C)(C)OC(=O)N1CC(OC(=O)C(C)(C)C)CN1C(=O)OCc1ccccc1. The van der Waals surface area contributed by atoms with Crippen molar-refractivity contribution in [3.05, 3.63) is 35.9 Å². The number of carbonyl (C=O) groups excluding carboxylic acids is 3. The van der Waals surface area contributed by atoms with Crippen molar-refractivity contribution >= 4 is 18.2 Å². The van der Waals surface area contributed by atoms with E-state index in [9.17, 15) is 14.4 Å². The summed E-state index contributed by atoms with van der Waals surface area (Å²) < 4.78 is 16.2. The number of hydrazine groups is 1. The summed E-state index contributed by atoms with van der Waals surface area (Å²) >= 11 is 0. The fourth-order valence-electron chi connectivity index (χ4n) is 2.50. The molecule has 0 radical (unpaired) electrons. The molecule has 0 N–H and O–H groups in total. The standard InChI is InChI=1S/C21H30N2O6/c1-20(2,3)17(24)28-16-12-22(23(13-16)19(26)29-21(4,5)6)18(25)27-14-15-10-8-7-9-11-15/h7-11,16H,12-14H2,1-6H3. The molecule has 1 fully saturated rings. The summed E-state index contributed by atoms with van der Waals surface area (Å²) in [4.78, 5) is 37.5. The Morgan fingerprint density at radius 3 is 2.00 bits per heavy atom. The fourth-order valence-corrected chi connectivity index (χ4v) is 2.50. The molecule has 1 aliphatic heterocycles. The number of hydrogen-bond donors (Lipinski definition) is 0. The number of rotatable bonds is 3. The van der Waals surface area contributed by atoms with Gasteiger partial charge in [0.25, 0.3) is 0 Å². The molecule has 0 aromatic heterocycles. The fraction of sp³-hybridized carbons (Fsp3) is 0.571. The molecular weight excluding hydrogens is 376 g/mol. The predicted molar refractivity (Wildman–Crippen MR) is 106 cm³/mol. The lowest BCUT2D eigenvalue weighted by molar-refractivity contribution is -0.157. The summed E-state index contributed by atoms with van der Waals surface area (Å²) in [7, 11) is 0. The summed E-state index contributed by atoms with van der Waals surface area (Å²) in [6.45, 7) is 10.5. The molecule has 2 amide bonds. The first-order valence-corrected chi connectivity index (χ1v) is 9.56. The molecule has 0 saturated carbocycles. The first-order valence-electron chi connectivity index (χ1n) is 9.56. The highest BCUT2D eigenvalue weighted by Gasteiger charge is 2.42. The van der Waals surface area contributed by atoms with Crippen LogP contribution >= 0.6 is 0 Å². The van der Waals surface area contributed by atoms with Crippen molar-refractivity contribution in [1.82, 2.24) is 10.0 Å². The minimum absolute atomic E-state index is 0.00862. The quantitative estimate of drug-likeness (QED) is 0.561. The molecular formula is C21H30N2O6. The van der Waals surface area contributed by atoms with E-state index in [0.29, 0.717) is 0 Å². The van der Waals surface area contributed by atoms with Crippen molar-refractivity contribution in [1.29, 1.82) is 0 Å². The maximum Gasteiger partial charge on any atom is 0.429 e. The van der Waals surface area contributed by atoms with Gasteiger partial charge in [-0.25, -0.2) is 19.6 Å². The third kappa shape index (κ3) is 6.66. The van der Waals surface area contributed by atoms with E-state index in [-0.39, 0.29) is 19.7 Å². The summed E-state index contributed by atoms with van der Waals surface area (Å²) in [6, 6.07) is 9.21. The summed E-state index contributed by atoms with van der Waals surface area (Å²) in [5, 5.41) is 2.25. The van der Waals surface area contributed by atoms with Crippen molar-refractivity contribution < 1.29 is 28.6 Å². The third-order valence-corrected chi connectivity index (χ3v) is 3.95. The number of benzene rings is 1. The summed E-state index contributed by atoms with van der Waals surface area (Å²) in [5.74, 6) is -0.411. The van der Waals surface area contributed by atoms with Crippen molar-refractivity contribution in [3.8, 4) is 0 Å². The normalized spacial score (nSPS) is 17.1. The minimum Gasteiger partial charge on any atom is -0.458 e. The molecule has 0 bridgehead atoms. The van der Waals surface area contributed by atoms with Crippen LogP contribution in [0.2, 0.25) is 0 Å². The number of nitrogens with zero attached hydrogens (tertiary/aromatic N) is 2. The third-order valence-electron chi connectivity index (χ3n) is 3.95. The van der Waals surface area contributed by atoms with Crippen LogP contribution in [-0.2, 0) is 25.6 Å². The lowest BCUT2D eigenvalue weighted by Crippen LogP contribution is -2.47. The summed E-state index contributed by atoms with van der Waals surface area (Å²) in [5.41, 5.74) is -0.617. The van der Waals surface area contributed by atoms with Crippen LogP contribution in [-0.4, -0.2) is 53.0 Å². The van der Waals surface area contributed by atoms with E-state index in [1.54, 1.807) is 41.5 Å². The van der Waals surface area contributed by atoms with Crippen LogP contribution in [0.3, 0.4) is 0 Å². The Kier molecular flexibility index (Phi) is 6.77. The Morgan fingerprint density at radius 2 is 1.48 bits per heavy atom. The van der Waals surface area contributed by atoms with Crippen LogP contribution in [0, 0.1) is 5.41 Å². The van der Waals surface area contributed by atoms with Gasteiger partial charge in [0.1, 0.15) is 18.3 Å². The molecule has 8 nitrogen and oxygen atoms in total. The van der Waals surface area contributed by atoms with Gasteiger partial charge in [0.05, 0.1) is 18.5 Å². The van der Waals surface area contributed by atoms with Gasteiger partial charge in [0.15, 0.2) is 0 Å². The first kappa shape index (κ1) is 22.5. The highest BCUT2D eigenvalue weighted by molar-refractivity contribution is 5.77. The van der Waals surface area contributed by atoms with Gasteiger partial charge in [0.2, 0.25) is 0 Å². The van der Waals surface area contributed by atoms with E-state index in [4.69, 9.17) is 14.2 Å². The lowest BCUT2D eigenvalue weighted by atomic mass is 9.97.